The maximum absolute atomic E-state index is 12.6. The smallest absolute Gasteiger partial charge is 0.280 e. The van der Waals surface area contributed by atoms with Gasteiger partial charge >= 0.3 is 0 Å². The van der Waals surface area contributed by atoms with Gasteiger partial charge in [0.2, 0.25) is 0 Å². The summed E-state index contributed by atoms with van der Waals surface area (Å²) < 4.78 is 11.5. The zero-order chi connectivity index (χ0) is 17.2. The summed E-state index contributed by atoms with van der Waals surface area (Å²) in [5, 5.41) is 3.28. The van der Waals surface area contributed by atoms with Crippen LogP contribution in [0.15, 0.2) is 59.3 Å². The van der Waals surface area contributed by atoms with Crippen molar-refractivity contribution < 1.29 is 13.9 Å². The van der Waals surface area contributed by atoms with Crippen LogP contribution in [0.5, 0.6) is 5.75 Å². The van der Waals surface area contributed by atoms with Crippen LogP contribution in [-0.4, -0.2) is 23.0 Å². The molecule has 0 bridgehead atoms. The number of fused-ring (bicyclic) bond motifs is 1. The number of hydrogen-bond acceptors (Lipinski definition) is 6. The zero-order valence-electron chi connectivity index (χ0n) is 13.2. The molecule has 2 aromatic carbocycles. The van der Waals surface area contributed by atoms with Crippen LogP contribution in [0.2, 0.25) is 0 Å². The molecule has 0 aliphatic rings. The molecule has 0 saturated carbocycles. The number of benzene rings is 2. The molecule has 0 aliphatic heterocycles. The number of amides is 1. The fraction of sp³-hybridized carbons (Fsp3) is 0.0556. The Kier molecular flexibility index (Phi) is 3.91. The number of ether oxygens (including phenoxy) is 1. The molecule has 0 radical (unpaired) electrons. The number of thiazole rings is 1. The highest BCUT2D eigenvalue weighted by atomic mass is 32.1. The van der Waals surface area contributed by atoms with E-state index in [1.807, 2.05) is 48.5 Å². The number of oxazole rings is 1. The number of methoxy groups -OCH3 is 1. The molecule has 0 atom stereocenters. The first-order valence-electron chi connectivity index (χ1n) is 7.49. The van der Waals surface area contributed by atoms with E-state index in [1.54, 1.807) is 7.11 Å². The van der Waals surface area contributed by atoms with E-state index in [-0.39, 0.29) is 11.6 Å². The van der Waals surface area contributed by atoms with E-state index in [9.17, 15) is 4.79 Å². The molecule has 6 nitrogen and oxygen atoms in total. The average molecular weight is 351 g/mol. The fourth-order valence-corrected chi connectivity index (χ4v) is 3.33. The molecule has 25 heavy (non-hydrogen) atoms. The van der Waals surface area contributed by atoms with E-state index in [0.717, 1.165) is 21.5 Å². The van der Waals surface area contributed by atoms with Crippen LogP contribution >= 0.6 is 11.3 Å². The highest BCUT2D eigenvalue weighted by Gasteiger charge is 2.19. The molecule has 1 N–H and O–H groups in total. The summed E-state index contributed by atoms with van der Waals surface area (Å²) in [6, 6.07) is 14.9. The normalized spacial score (nSPS) is 10.8. The maximum Gasteiger partial charge on any atom is 0.280 e. The summed E-state index contributed by atoms with van der Waals surface area (Å²) in [6.45, 7) is 0. The first-order chi connectivity index (χ1) is 12.2. The van der Waals surface area contributed by atoms with Crippen LogP contribution in [0.4, 0.5) is 5.13 Å². The number of rotatable bonds is 4. The van der Waals surface area contributed by atoms with Gasteiger partial charge in [-0.1, -0.05) is 41.7 Å². The quantitative estimate of drug-likeness (QED) is 0.596. The van der Waals surface area contributed by atoms with E-state index >= 15 is 0 Å². The lowest BCUT2D eigenvalue weighted by Gasteiger charge is -2.01. The van der Waals surface area contributed by atoms with Crippen molar-refractivity contribution in [2.24, 2.45) is 0 Å². The van der Waals surface area contributed by atoms with Crippen molar-refractivity contribution in [3.63, 3.8) is 0 Å². The monoisotopic (exact) mass is 351 g/mol. The highest BCUT2D eigenvalue weighted by molar-refractivity contribution is 7.22. The Morgan fingerprint density at radius 3 is 2.84 bits per heavy atom. The van der Waals surface area contributed by atoms with Crippen LogP contribution in [-0.2, 0) is 0 Å². The molecule has 2 heterocycles. The van der Waals surface area contributed by atoms with Crippen LogP contribution < -0.4 is 10.1 Å². The molecule has 0 fully saturated rings. The number of aromatic nitrogens is 2. The third-order valence-corrected chi connectivity index (χ3v) is 4.57. The van der Waals surface area contributed by atoms with Gasteiger partial charge in [0, 0.05) is 5.56 Å². The SMILES string of the molecule is COc1ccc2nc(NC(=O)c3ncoc3-c3ccccc3)sc2c1. The fourth-order valence-electron chi connectivity index (χ4n) is 2.44. The van der Waals surface area contributed by atoms with Crippen LogP contribution in [0.25, 0.3) is 21.5 Å². The largest absolute Gasteiger partial charge is 0.497 e. The van der Waals surface area contributed by atoms with Gasteiger partial charge in [-0.3, -0.25) is 10.1 Å². The number of hydrogen-bond donors (Lipinski definition) is 1. The topological polar surface area (TPSA) is 77.2 Å². The highest BCUT2D eigenvalue weighted by Crippen LogP contribution is 2.30. The lowest BCUT2D eigenvalue weighted by Crippen LogP contribution is -2.13. The molecule has 0 spiro atoms. The van der Waals surface area contributed by atoms with Gasteiger partial charge in [-0.2, -0.15) is 0 Å². The third kappa shape index (κ3) is 2.97. The van der Waals surface area contributed by atoms with Gasteiger partial charge < -0.3 is 9.15 Å². The molecular weight excluding hydrogens is 338 g/mol. The molecule has 1 amide bonds. The van der Waals surface area contributed by atoms with Crippen molar-refractivity contribution in [1.82, 2.24) is 9.97 Å². The van der Waals surface area contributed by atoms with Crippen molar-refractivity contribution in [2.75, 3.05) is 12.4 Å². The molecule has 0 saturated heterocycles. The Balaban J connectivity index is 1.62. The second-order valence-electron chi connectivity index (χ2n) is 5.20. The van der Waals surface area contributed by atoms with Gasteiger partial charge in [0.05, 0.1) is 17.3 Å². The van der Waals surface area contributed by atoms with E-state index in [0.29, 0.717) is 10.9 Å². The van der Waals surface area contributed by atoms with Crippen LogP contribution in [0, 0.1) is 0 Å². The second kappa shape index (κ2) is 6.37. The summed E-state index contributed by atoms with van der Waals surface area (Å²) in [5.41, 5.74) is 1.81. The second-order valence-corrected chi connectivity index (χ2v) is 6.23. The van der Waals surface area contributed by atoms with E-state index in [2.05, 4.69) is 15.3 Å². The number of anilines is 1. The van der Waals surface area contributed by atoms with Crippen molar-refractivity contribution >= 4 is 32.6 Å². The Morgan fingerprint density at radius 2 is 2.04 bits per heavy atom. The molecular formula is C18H13N3O3S. The Morgan fingerprint density at radius 1 is 1.20 bits per heavy atom. The van der Waals surface area contributed by atoms with Crippen molar-refractivity contribution in [2.45, 2.75) is 0 Å². The zero-order valence-corrected chi connectivity index (χ0v) is 14.0. The van der Waals surface area contributed by atoms with Gasteiger partial charge in [0.15, 0.2) is 23.0 Å². The van der Waals surface area contributed by atoms with Crippen molar-refractivity contribution in [3.05, 3.63) is 60.6 Å². The van der Waals surface area contributed by atoms with Crippen molar-refractivity contribution in [3.8, 4) is 17.1 Å². The summed E-state index contributed by atoms with van der Waals surface area (Å²) in [6.07, 6.45) is 1.26. The van der Waals surface area contributed by atoms with E-state index in [4.69, 9.17) is 9.15 Å². The average Bonchev–Trinajstić information content (AvgIpc) is 3.28. The Labute approximate surface area is 147 Å². The molecule has 0 unspecified atom stereocenters. The number of nitrogens with zero attached hydrogens (tertiary/aromatic N) is 2. The van der Waals surface area contributed by atoms with Crippen LogP contribution in [0.1, 0.15) is 10.5 Å². The van der Waals surface area contributed by atoms with E-state index < -0.39 is 0 Å². The number of carbonyl (C=O) groups excluding carboxylic acids is 1. The van der Waals surface area contributed by atoms with Gasteiger partial charge in [-0.15, -0.1) is 0 Å². The predicted octanol–water partition coefficient (Wildman–Crippen LogP) is 4.21. The molecule has 4 rings (SSSR count). The minimum atomic E-state index is -0.362. The molecule has 7 heteroatoms. The lowest BCUT2D eigenvalue weighted by molar-refractivity contribution is 0.102. The van der Waals surface area contributed by atoms with Gasteiger partial charge in [0.1, 0.15) is 5.75 Å². The van der Waals surface area contributed by atoms with Gasteiger partial charge in [0.25, 0.3) is 5.91 Å². The molecule has 124 valence electrons. The first-order valence-corrected chi connectivity index (χ1v) is 8.31. The molecule has 4 aromatic rings. The third-order valence-electron chi connectivity index (χ3n) is 3.63. The van der Waals surface area contributed by atoms with Gasteiger partial charge in [-0.05, 0) is 18.2 Å². The number of carbonyl (C=O) groups is 1. The standard InChI is InChI=1S/C18H13N3O3S/c1-23-12-7-8-13-14(9-12)25-18(20-13)21-17(22)15-16(24-10-19-15)11-5-3-2-4-6-11/h2-10H,1H3,(H,20,21,22). The summed E-state index contributed by atoms with van der Waals surface area (Å²) >= 11 is 1.37. The summed E-state index contributed by atoms with van der Waals surface area (Å²) in [7, 11) is 1.61. The summed E-state index contributed by atoms with van der Waals surface area (Å²) in [4.78, 5) is 21.0. The molecule has 2 aromatic heterocycles. The number of nitrogens with one attached hydrogen (secondary N) is 1. The predicted molar refractivity (Wildman–Crippen MR) is 96.1 cm³/mol. The first kappa shape index (κ1) is 15.3. The van der Waals surface area contributed by atoms with Gasteiger partial charge in [-0.25, -0.2) is 9.97 Å². The minimum absolute atomic E-state index is 0.225. The molecule has 0 aliphatic carbocycles. The van der Waals surface area contributed by atoms with Crippen LogP contribution in [0.3, 0.4) is 0 Å². The Bertz CT molecular complexity index is 1040. The summed E-state index contributed by atoms with van der Waals surface area (Å²) in [5.74, 6) is 0.816. The lowest BCUT2D eigenvalue weighted by atomic mass is 10.1. The van der Waals surface area contributed by atoms with E-state index in [1.165, 1.54) is 17.7 Å². The van der Waals surface area contributed by atoms with Crippen molar-refractivity contribution in [1.29, 1.82) is 0 Å². The maximum atomic E-state index is 12.6. The Hall–Kier alpha value is -3.19. The minimum Gasteiger partial charge on any atom is -0.497 e.